The quantitative estimate of drug-likeness (QED) is 0.932. The number of halogens is 2. The molecule has 0 saturated heterocycles. The Morgan fingerprint density at radius 1 is 1.62 bits per heavy atom. The van der Waals surface area contributed by atoms with Crippen molar-refractivity contribution in [1.82, 2.24) is 4.90 Å². The van der Waals surface area contributed by atoms with Crippen molar-refractivity contribution in [3.63, 3.8) is 0 Å². The predicted octanol–water partition coefficient (Wildman–Crippen LogP) is 2.56. The van der Waals surface area contributed by atoms with E-state index in [0.29, 0.717) is 10.6 Å². The van der Waals surface area contributed by atoms with Crippen molar-refractivity contribution in [2.24, 2.45) is 0 Å². The molecule has 0 spiro atoms. The molecule has 0 bridgehead atoms. The van der Waals surface area contributed by atoms with Gasteiger partial charge in [0.1, 0.15) is 0 Å². The summed E-state index contributed by atoms with van der Waals surface area (Å²) in [5.74, 6) is -0.196. The molecule has 1 rings (SSSR count). The lowest BCUT2D eigenvalue weighted by Crippen LogP contribution is -2.33. The number of aliphatic hydroxyl groups is 1. The fourth-order valence-corrected chi connectivity index (χ4v) is 2.10. The Morgan fingerprint density at radius 2 is 2.25 bits per heavy atom. The van der Waals surface area contributed by atoms with E-state index >= 15 is 0 Å². The number of hydrogen-bond donors (Lipinski definition) is 1. The summed E-state index contributed by atoms with van der Waals surface area (Å²) < 4.78 is 0.826. The molecule has 0 fully saturated rings. The maximum Gasteiger partial charge on any atom is 0.255 e. The van der Waals surface area contributed by atoms with Gasteiger partial charge in [-0.15, -0.1) is 0 Å². The zero-order valence-corrected chi connectivity index (χ0v) is 11.4. The van der Waals surface area contributed by atoms with Gasteiger partial charge in [0, 0.05) is 18.1 Å². The molecular weight excluding hydrogens is 293 g/mol. The van der Waals surface area contributed by atoms with Gasteiger partial charge in [0.15, 0.2) is 0 Å². The van der Waals surface area contributed by atoms with Crippen molar-refractivity contribution in [2.45, 2.75) is 13.0 Å². The highest BCUT2D eigenvalue weighted by atomic mass is 79.9. The van der Waals surface area contributed by atoms with Crippen LogP contribution in [-0.4, -0.2) is 35.6 Å². The molecule has 0 heterocycles. The second-order valence-corrected chi connectivity index (χ2v) is 4.98. The van der Waals surface area contributed by atoms with Gasteiger partial charge in [-0.2, -0.15) is 0 Å². The fourth-order valence-electron chi connectivity index (χ4n) is 1.35. The van der Waals surface area contributed by atoms with Gasteiger partial charge in [-0.05, 0) is 25.1 Å². The molecule has 1 aromatic rings. The molecule has 1 unspecified atom stereocenters. The van der Waals surface area contributed by atoms with Gasteiger partial charge in [-0.3, -0.25) is 4.79 Å². The minimum Gasteiger partial charge on any atom is -0.392 e. The summed E-state index contributed by atoms with van der Waals surface area (Å²) in [5, 5.41) is 9.60. The van der Waals surface area contributed by atoms with Crippen LogP contribution in [0.2, 0.25) is 5.02 Å². The Morgan fingerprint density at radius 3 is 2.75 bits per heavy atom. The molecular formula is C11H13BrClNO2. The van der Waals surface area contributed by atoms with E-state index in [1.54, 1.807) is 32.2 Å². The summed E-state index contributed by atoms with van der Waals surface area (Å²) in [6.07, 6.45) is -0.553. The Balaban J connectivity index is 2.88. The fraction of sp³-hybridized carbons (Fsp3) is 0.364. The normalized spacial score (nSPS) is 12.3. The third-order valence-corrected chi connectivity index (χ3v) is 2.85. The second kappa shape index (κ2) is 5.66. The van der Waals surface area contributed by atoms with Crippen LogP contribution in [0.25, 0.3) is 0 Å². The molecule has 1 amide bonds. The van der Waals surface area contributed by atoms with Gasteiger partial charge in [-0.25, -0.2) is 0 Å². The van der Waals surface area contributed by atoms with Gasteiger partial charge in [-0.1, -0.05) is 27.5 Å². The van der Waals surface area contributed by atoms with Crippen LogP contribution in [0.5, 0.6) is 0 Å². The van der Waals surface area contributed by atoms with Crippen LogP contribution in [0.1, 0.15) is 17.3 Å². The van der Waals surface area contributed by atoms with E-state index in [-0.39, 0.29) is 12.5 Å². The molecule has 16 heavy (non-hydrogen) atoms. The molecule has 3 nitrogen and oxygen atoms in total. The Hall–Kier alpha value is -0.580. The molecule has 1 N–H and O–H groups in total. The average molecular weight is 307 g/mol. The van der Waals surface area contributed by atoms with E-state index in [1.165, 1.54) is 4.90 Å². The highest BCUT2D eigenvalue weighted by Crippen LogP contribution is 2.22. The maximum absolute atomic E-state index is 11.9. The number of carbonyl (C=O) groups is 1. The standard InChI is InChI=1S/C11H13BrClNO2/c1-7(15)6-14(2)11(16)9-4-3-8(12)5-10(9)13/h3-5,7,15H,6H2,1-2H3. The summed E-state index contributed by atoms with van der Waals surface area (Å²) in [4.78, 5) is 13.4. The first-order valence-corrected chi connectivity index (χ1v) is 5.97. The van der Waals surface area contributed by atoms with Gasteiger partial charge in [0.2, 0.25) is 0 Å². The van der Waals surface area contributed by atoms with Gasteiger partial charge in [0.05, 0.1) is 16.7 Å². The lowest BCUT2D eigenvalue weighted by atomic mass is 10.2. The van der Waals surface area contributed by atoms with Crippen molar-refractivity contribution >= 4 is 33.4 Å². The average Bonchev–Trinajstić information content (AvgIpc) is 2.15. The van der Waals surface area contributed by atoms with Gasteiger partial charge >= 0.3 is 0 Å². The zero-order chi connectivity index (χ0) is 12.3. The first-order chi connectivity index (χ1) is 7.41. The molecule has 0 radical (unpaired) electrons. The van der Waals surface area contributed by atoms with E-state index in [9.17, 15) is 9.90 Å². The number of likely N-dealkylation sites (N-methyl/N-ethyl adjacent to an activating group) is 1. The van der Waals surface area contributed by atoms with E-state index in [4.69, 9.17) is 11.6 Å². The largest absolute Gasteiger partial charge is 0.392 e. The number of amides is 1. The molecule has 0 aliphatic carbocycles. The number of rotatable bonds is 3. The number of carbonyl (C=O) groups excluding carboxylic acids is 1. The monoisotopic (exact) mass is 305 g/mol. The van der Waals surface area contributed by atoms with Crippen molar-refractivity contribution < 1.29 is 9.90 Å². The van der Waals surface area contributed by atoms with E-state index in [0.717, 1.165) is 4.47 Å². The Bertz CT molecular complexity index is 396. The summed E-state index contributed by atoms with van der Waals surface area (Å²) in [6.45, 7) is 1.91. The summed E-state index contributed by atoms with van der Waals surface area (Å²) >= 11 is 9.24. The lowest BCUT2D eigenvalue weighted by molar-refractivity contribution is 0.0704. The molecule has 0 aliphatic rings. The third kappa shape index (κ3) is 3.47. The van der Waals surface area contributed by atoms with Crippen LogP contribution in [0, 0.1) is 0 Å². The van der Waals surface area contributed by atoms with E-state index < -0.39 is 6.10 Å². The summed E-state index contributed by atoms with van der Waals surface area (Å²) in [6, 6.07) is 5.09. The molecule has 88 valence electrons. The highest BCUT2D eigenvalue weighted by Gasteiger charge is 2.16. The van der Waals surface area contributed by atoms with Crippen molar-refractivity contribution in [1.29, 1.82) is 0 Å². The summed E-state index contributed by atoms with van der Waals surface area (Å²) in [5.41, 5.74) is 0.438. The number of benzene rings is 1. The Kier molecular flexibility index (Phi) is 4.77. The molecule has 5 heteroatoms. The van der Waals surface area contributed by atoms with E-state index in [1.807, 2.05) is 0 Å². The minimum atomic E-state index is -0.553. The second-order valence-electron chi connectivity index (χ2n) is 3.66. The van der Waals surface area contributed by atoms with E-state index in [2.05, 4.69) is 15.9 Å². The molecule has 1 aromatic carbocycles. The molecule has 0 aromatic heterocycles. The van der Waals surface area contributed by atoms with Crippen LogP contribution in [0.4, 0.5) is 0 Å². The first-order valence-electron chi connectivity index (χ1n) is 4.80. The van der Waals surface area contributed by atoms with Crippen LogP contribution in [-0.2, 0) is 0 Å². The van der Waals surface area contributed by atoms with Crippen molar-refractivity contribution in [2.75, 3.05) is 13.6 Å². The van der Waals surface area contributed by atoms with Crippen molar-refractivity contribution in [3.05, 3.63) is 33.3 Å². The third-order valence-electron chi connectivity index (χ3n) is 2.05. The zero-order valence-electron chi connectivity index (χ0n) is 9.08. The van der Waals surface area contributed by atoms with Gasteiger partial charge < -0.3 is 10.0 Å². The van der Waals surface area contributed by atoms with Crippen molar-refractivity contribution in [3.8, 4) is 0 Å². The maximum atomic E-state index is 11.9. The number of aliphatic hydroxyl groups excluding tert-OH is 1. The molecule has 0 aliphatic heterocycles. The van der Waals surface area contributed by atoms with Crippen LogP contribution in [0.3, 0.4) is 0 Å². The first kappa shape index (κ1) is 13.5. The topological polar surface area (TPSA) is 40.5 Å². The predicted molar refractivity (Wildman–Crippen MR) is 67.8 cm³/mol. The van der Waals surface area contributed by atoms with Crippen LogP contribution >= 0.6 is 27.5 Å². The highest BCUT2D eigenvalue weighted by molar-refractivity contribution is 9.10. The number of nitrogens with zero attached hydrogens (tertiary/aromatic N) is 1. The summed E-state index contributed by atoms with van der Waals surface area (Å²) in [7, 11) is 1.63. The lowest BCUT2D eigenvalue weighted by Gasteiger charge is -2.19. The number of hydrogen-bond acceptors (Lipinski definition) is 2. The van der Waals surface area contributed by atoms with Crippen LogP contribution < -0.4 is 0 Å². The molecule has 1 atom stereocenters. The Labute approximate surface area is 108 Å². The SMILES string of the molecule is CC(O)CN(C)C(=O)c1ccc(Br)cc1Cl. The molecule has 0 saturated carbocycles. The minimum absolute atomic E-state index is 0.196. The van der Waals surface area contributed by atoms with Crippen LogP contribution in [0.15, 0.2) is 22.7 Å². The smallest absolute Gasteiger partial charge is 0.255 e. The van der Waals surface area contributed by atoms with Gasteiger partial charge in [0.25, 0.3) is 5.91 Å².